The molecule has 4 rings (SSSR count). The van der Waals surface area contributed by atoms with Crippen LogP contribution in [0.1, 0.15) is 72.3 Å². The van der Waals surface area contributed by atoms with E-state index in [4.69, 9.17) is 0 Å². The summed E-state index contributed by atoms with van der Waals surface area (Å²) in [5.41, 5.74) is 7.77. The molecule has 0 aliphatic heterocycles. The molecule has 1 nitrogen and oxygen atoms in total. The summed E-state index contributed by atoms with van der Waals surface area (Å²) < 4.78 is 51.8. The lowest BCUT2D eigenvalue weighted by Crippen LogP contribution is -2.06. The Morgan fingerprint density at radius 1 is 0.943 bits per heavy atom. The summed E-state index contributed by atoms with van der Waals surface area (Å²) in [5.74, 6) is -0.144. The number of aromatic nitrogens is 1. The van der Waals surface area contributed by atoms with Gasteiger partial charge in [-0.25, -0.2) is 9.37 Å². The minimum Gasteiger partial charge on any atom is -0.249 e. The highest BCUT2D eigenvalue weighted by Gasteiger charge is 2.31. The molecule has 0 spiro atoms. The van der Waals surface area contributed by atoms with E-state index in [0.717, 1.165) is 71.0 Å². The van der Waals surface area contributed by atoms with Gasteiger partial charge in [0.15, 0.2) is 0 Å². The van der Waals surface area contributed by atoms with E-state index in [9.17, 15) is 17.6 Å². The van der Waals surface area contributed by atoms with Crippen molar-refractivity contribution in [1.29, 1.82) is 0 Å². The van der Waals surface area contributed by atoms with Gasteiger partial charge in [0.2, 0.25) is 0 Å². The highest BCUT2D eigenvalue weighted by atomic mass is 19.4. The molecule has 1 aliphatic rings. The molecule has 1 aromatic heterocycles. The second-order valence-electron chi connectivity index (χ2n) is 8.95. The maximum atomic E-state index is 13.1. The van der Waals surface area contributed by atoms with Crippen molar-refractivity contribution in [3.8, 4) is 0 Å². The zero-order chi connectivity index (χ0) is 25.8. The van der Waals surface area contributed by atoms with Gasteiger partial charge in [0.25, 0.3) is 0 Å². The number of benzene rings is 2. The van der Waals surface area contributed by atoms with Crippen LogP contribution in [0.5, 0.6) is 0 Å². The molecule has 0 amide bonds. The van der Waals surface area contributed by atoms with Gasteiger partial charge in [-0.05, 0) is 122 Å². The molecule has 0 unspecified atom stereocenters. The first kappa shape index (κ1) is 26.4. The monoisotopic (exact) mass is 481 g/mol. The Balaban J connectivity index is 0.000000287. The molecule has 0 N–H and O–H groups in total. The summed E-state index contributed by atoms with van der Waals surface area (Å²) in [7, 11) is 0. The van der Waals surface area contributed by atoms with Gasteiger partial charge in [-0.1, -0.05) is 31.7 Å². The fourth-order valence-corrected chi connectivity index (χ4v) is 4.34. The summed E-state index contributed by atoms with van der Waals surface area (Å²) in [4.78, 5) is 4.65. The second kappa shape index (κ2) is 11.0. The van der Waals surface area contributed by atoms with Crippen LogP contribution in [0.25, 0.3) is 16.7 Å². The summed E-state index contributed by atoms with van der Waals surface area (Å²) in [6.45, 7) is 11.7. The average Bonchev–Trinajstić information content (AvgIpc) is 3.29. The Hall–Kier alpha value is -3.21. The number of pyridine rings is 1. The van der Waals surface area contributed by atoms with Crippen LogP contribution in [0.3, 0.4) is 0 Å². The number of allylic oxidation sites excluding steroid dienone is 3. The van der Waals surface area contributed by atoms with Crippen LogP contribution in [-0.4, -0.2) is 4.98 Å². The van der Waals surface area contributed by atoms with Crippen LogP contribution in [0.2, 0.25) is 0 Å². The predicted octanol–water partition coefficient (Wildman–Crippen LogP) is 9.23. The number of hydrogen-bond donors (Lipinski definition) is 0. The van der Waals surface area contributed by atoms with Crippen molar-refractivity contribution in [3.05, 3.63) is 106 Å². The molecule has 0 atom stereocenters. The molecule has 0 radical (unpaired) electrons. The second-order valence-corrected chi connectivity index (χ2v) is 8.95. The van der Waals surface area contributed by atoms with Crippen LogP contribution < -0.4 is 0 Å². The zero-order valence-corrected chi connectivity index (χ0v) is 20.7. The van der Waals surface area contributed by atoms with Crippen LogP contribution in [0.15, 0.2) is 61.2 Å². The van der Waals surface area contributed by atoms with E-state index >= 15 is 0 Å². The first-order valence-corrected chi connectivity index (χ1v) is 11.8. The van der Waals surface area contributed by atoms with Crippen molar-refractivity contribution < 1.29 is 17.6 Å². The minimum absolute atomic E-state index is 0.144. The number of alkyl halides is 3. The molecule has 0 bridgehead atoms. The standard InChI is InChI=1S/C21H20F3N.C9H11F/c1-13(2)19-8-5-9-20(25-19)17-7-4-6-16(17)18-12-15(21(22,23)24)11-10-14(18)3;1-3-8-4-5-9(10)6-7(8)2/h5,8-12H,1,4,6-7H2,2-3H3;4-6H,3H2,1-2H3. The first-order chi connectivity index (χ1) is 16.5. The number of halogens is 4. The lowest BCUT2D eigenvalue weighted by molar-refractivity contribution is -0.137. The fraction of sp³-hybridized carbons (Fsp3) is 0.300. The Bertz CT molecular complexity index is 1250. The van der Waals surface area contributed by atoms with Crippen molar-refractivity contribution in [2.75, 3.05) is 0 Å². The van der Waals surface area contributed by atoms with Crippen molar-refractivity contribution >= 4 is 16.7 Å². The van der Waals surface area contributed by atoms with E-state index in [2.05, 4.69) is 18.5 Å². The van der Waals surface area contributed by atoms with Gasteiger partial charge in [-0.15, -0.1) is 0 Å². The van der Waals surface area contributed by atoms with E-state index in [0.29, 0.717) is 5.56 Å². The number of nitrogens with zero attached hydrogens (tertiary/aromatic N) is 1. The molecule has 184 valence electrons. The lowest BCUT2D eigenvalue weighted by Gasteiger charge is -2.14. The SMILES string of the molecule is C=C(C)c1cccc(C2=C(c3cc(C(F)(F)F)ccc3C)CCC2)n1.CCc1ccc(F)cc1C. The van der Waals surface area contributed by atoms with E-state index in [1.807, 2.05) is 45.0 Å². The van der Waals surface area contributed by atoms with E-state index < -0.39 is 11.7 Å². The van der Waals surface area contributed by atoms with Gasteiger partial charge in [0.05, 0.1) is 17.0 Å². The highest BCUT2D eigenvalue weighted by Crippen LogP contribution is 2.42. The summed E-state index contributed by atoms with van der Waals surface area (Å²) in [6, 6.07) is 14.6. The Morgan fingerprint density at radius 3 is 2.29 bits per heavy atom. The van der Waals surface area contributed by atoms with Gasteiger partial charge < -0.3 is 0 Å². The molecule has 5 heteroatoms. The summed E-state index contributed by atoms with van der Waals surface area (Å²) >= 11 is 0. The number of rotatable bonds is 4. The fourth-order valence-electron chi connectivity index (χ4n) is 4.34. The largest absolute Gasteiger partial charge is 0.416 e. The highest BCUT2D eigenvalue weighted by molar-refractivity contribution is 5.93. The molecule has 0 saturated heterocycles. The molecule has 35 heavy (non-hydrogen) atoms. The lowest BCUT2D eigenvalue weighted by atomic mass is 9.94. The molecule has 2 aromatic carbocycles. The topological polar surface area (TPSA) is 12.9 Å². The molecule has 3 aromatic rings. The quantitative estimate of drug-likeness (QED) is 0.338. The predicted molar refractivity (Wildman–Crippen MR) is 136 cm³/mol. The first-order valence-electron chi connectivity index (χ1n) is 11.8. The van der Waals surface area contributed by atoms with Gasteiger partial charge in [0, 0.05) is 0 Å². The van der Waals surface area contributed by atoms with Gasteiger partial charge in [0.1, 0.15) is 5.82 Å². The zero-order valence-electron chi connectivity index (χ0n) is 20.7. The minimum atomic E-state index is -4.33. The van der Waals surface area contributed by atoms with Crippen molar-refractivity contribution in [2.45, 2.75) is 59.6 Å². The van der Waals surface area contributed by atoms with Gasteiger partial charge in [-0.2, -0.15) is 13.2 Å². The summed E-state index contributed by atoms with van der Waals surface area (Å²) in [5, 5.41) is 0. The Labute approximate surface area is 205 Å². The maximum Gasteiger partial charge on any atom is 0.416 e. The number of hydrogen-bond acceptors (Lipinski definition) is 1. The smallest absolute Gasteiger partial charge is 0.249 e. The molecule has 0 saturated carbocycles. The van der Waals surface area contributed by atoms with Crippen molar-refractivity contribution in [2.24, 2.45) is 0 Å². The van der Waals surface area contributed by atoms with Crippen molar-refractivity contribution in [3.63, 3.8) is 0 Å². The molecular formula is C30H31F4N. The van der Waals surface area contributed by atoms with E-state index in [1.54, 1.807) is 12.1 Å². The van der Waals surface area contributed by atoms with Gasteiger partial charge in [-0.3, -0.25) is 0 Å². The molecule has 0 fully saturated rings. The third-order valence-electron chi connectivity index (χ3n) is 6.29. The normalized spacial score (nSPS) is 13.5. The third-order valence-corrected chi connectivity index (χ3v) is 6.29. The Morgan fingerprint density at radius 2 is 1.66 bits per heavy atom. The van der Waals surface area contributed by atoms with E-state index in [1.165, 1.54) is 17.7 Å². The van der Waals surface area contributed by atoms with Gasteiger partial charge >= 0.3 is 6.18 Å². The molecular weight excluding hydrogens is 450 g/mol. The maximum absolute atomic E-state index is 13.1. The van der Waals surface area contributed by atoms with Crippen LogP contribution in [0.4, 0.5) is 17.6 Å². The van der Waals surface area contributed by atoms with E-state index in [-0.39, 0.29) is 5.82 Å². The van der Waals surface area contributed by atoms with Crippen molar-refractivity contribution in [1.82, 2.24) is 4.98 Å². The van der Waals surface area contributed by atoms with Crippen LogP contribution in [-0.2, 0) is 12.6 Å². The average molecular weight is 482 g/mol. The van der Waals surface area contributed by atoms with Crippen LogP contribution >= 0.6 is 0 Å². The molecule has 1 aliphatic carbocycles. The molecule has 1 heterocycles. The number of aryl methyl sites for hydroxylation is 3. The van der Waals surface area contributed by atoms with Crippen LogP contribution in [0, 0.1) is 19.7 Å². The Kier molecular flexibility index (Phi) is 8.31. The summed E-state index contributed by atoms with van der Waals surface area (Å²) in [6.07, 6.45) is -0.820. The third kappa shape index (κ3) is 6.47.